The number of aromatic nitrogens is 1. The van der Waals surface area contributed by atoms with Gasteiger partial charge in [-0.3, -0.25) is 4.99 Å². The third-order valence-corrected chi connectivity index (χ3v) is 4.49. The number of hydrogen-bond acceptors (Lipinski definition) is 3. The summed E-state index contributed by atoms with van der Waals surface area (Å²) in [7, 11) is 1.74. The van der Waals surface area contributed by atoms with Crippen LogP contribution in [-0.4, -0.2) is 30.3 Å². The summed E-state index contributed by atoms with van der Waals surface area (Å²) in [5.74, 6) is 1.50. The third-order valence-electron chi connectivity index (χ3n) is 3.17. The number of rotatable bonds is 7. The van der Waals surface area contributed by atoms with Crippen LogP contribution in [0.1, 0.15) is 12.0 Å². The molecule has 7 heteroatoms. The van der Waals surface area contributed by atoms with E-state index in [2.05, 4.69) is 20.6 Å². The lowest BCUT2D eigenvalue weighted by molar-refractivity contribution is 0.626. The highest BCUT2D eigenvalue weighted by atomic mass is 35.5. The summed E-state index contributed by atoms with van der Waals surface area (Å²) in [6.45, 7) is 1.45. The van der Waals surface area contributed by atoms with Crippen LogP contribution in [-0.2, 0) is 6.54 Å². The average molecular weight is 367 g/mol. The van der Waals surface area contributed by atoms with Gasteiger partial charge >= 0.3 is 0 Å². The van der Waals surface area contributed by atoms with Crippen molar-refractivity contribution >= 4 is 29.3 Å². The smallest absolute Gasteiger partial charge is 0.191 e. The Morgan fingerprint density at radius 1 is 1.21 bits per heavy atom. The Bertz CT molecular complexity index is 647. The molecule has 0 aliphatic carbocycles. The Morgan fingerprint density at radius 3 is 2.67 bits per heavy atom. The Labute approximate surface area is 150 Å². The van der Waals surface area contributed by atoms with Crippen LogP contribution in [0.3, 0.4) is 0 Å². The molecule has 0 unspecified atom stereocenters. The van der Waals surface area contributed by atoms with Crippen molar-refractivity contribution in [3.05, 3.63) is 59.1 Å². The fourth-order valence-electron chi connectivity index (χ4n) is 1.92. The Kier molecular flexibility index (Phi) is 7.85. The molecule has 0 bridgehead atoms. The van der Waals surface area contributed by atoms with Gasteiger partial charge in [-0.05, 0) is 48.1 Å². The summed E-state index contributed by atoms with van der Waals surface area (Å²) < 4.78 is 12.8. The molecular weight excluding hydrogens is 347 g/mol. The molecule has 1 aromatic heterocycles. The minimum Gasteiger partial charge on any atom is -0.356 e. The van der Waals surface area contributed by atoms with Gasteiger partial charge in [-0.25, -0.2) is 9.37 Å². The second kappa shape index (κ2) is 10.2. The van der Waals surface area contributed by atoms with Gasteiger partial charge in [-0.15, -0.1) is 11.8 Å². The van der Waals surface area contributed by atoms with Crippen LogP contribution in [0.4, 0.5) is 4.39 Å². The normalized spacial score (nSPS) is 11.4. The van der Waals surface area contributed by atoms with E-state index >= 15 is 0 Å². The highest BCUT2D eigenvalue weighted by molar-refractivity contribution is 7.99. The van der Waals surface area contributed by atoms with Gasteiger partial charge in [0.25, 0.3) is 0 Å². The van der Waals surface area contributed by atoms with Crippen molar-refractivity contribution in [3.63, 3.8) is 0 Å². The third kappa shape index (κ3) is 6.76. The largest absolute Gasteiger partial charge is 0.356 e. The average Bonchev–Trinajstić information content (AvgIpc) is 2.60. The number of nitrogens with zero attached hydrogens (tertiary/aromatic N) is 2. The minimum atomic E-state index is -0.202. The number of pyridine rings is 1. The van der Waals surface area contributed by atoms with Gasteiger partial charge in [0, 0.05) is 31.2 Å². The number of nitrogens with one attached hydrogen (secondary N) is 2. The zero-order chi connectivity index (χ0) is 17.2. The minimum absolute atomic E-state index is 0.202. The SMILES string of the molecule is CN=C(NCCCSc1ccc(F)cc1)NCc1ccc(Cl)nc1. The van der Waals surface area contributed by atoms with Gasteiger partial charge in [0.1, 0.15) is 11.0 Å². The molecule has 0 spiro atoms. The molecule has 24 heavy (non-hydrogen) atoms. The summed E-state index contributed by atoms with van der Waals surface area (Å²) in [4.78, 5) is 9.31. The van der Waals surface area contributed by atoms with Gasteiger partial charge < -0.3 is 10.6 Å². The van der Waals surface area contributed by atoms with Crippen LogP contribution in [0, 0.1) is 5.82 Å². The lowest BCUT2D eigenvalue weighted by Crippen LogP contribution is -2.37. The molecule has 4 nitrogen and oxygen atoms in total. The number of thioether (sulfide) groups is 1. The van der Waals surface area contributed by atoms with E-state index in [-0.39, 0.29) is 5.82 Å². The molecule has 0 radical (unpaired) electrons. The molecule has 0 fully saturated rings. The summed E-state index contributed by atoms with van der Waals surface area (Å²) in [5.41, 5.74) is 1.04. The fourth-order valence-corrected chi connectivity index (χ4v) is 2.88. The zero-order valence-corrected chi connectivity index (χ0v) is 15.0. The molecule has 0 atom stereocenters. The van der Waals surface area contributed by atoms with E-state index in [1.54, 1.807) is 43.2 Å². The van der Waals surface area contributed by atoms with Gasteiger partial charge in [0.2, 0.25) is 0 Å². The second-order valence-corrected chi connectivity index (χ2v) is 6.55. The predicted molar refractivity (Wildman–Crippen MR) is 99.2 cm³/mol. The molecular formula is C17H20ClFN4S. The molecule has 0 aliphatic heterocycles. The topological polar surface area (TPSA) is 49.3 Å². The molecule has 2 aromatic rings. The lowest BCUT2D eigenvalue weighted by Gasteiger charge is -2.11. The predicted octanol–water partition coefficient (Wildman–Crippen LogP) is 3.72. The van der Waals surface area contributed by atoms with Crippen molar-refractivity contribution in [3.8, 4) is 0 Å². The van der Waals surface area contributed by atoms with Crippen LogP contribution >= 0.6 is 23.4 Å². The Hall–Kier alpha value is -1.79. The number of aliphatic imine (C=N–C) groups is 1. The number of hydrogen-bond donors (Lipinski definition) is 2. The Morgan fingerprint density at radius 2 is 2.00 bits per heavy atom. The van der Waals surface area contributed by atoms with E-state index < -0.39 is 0 Å². The van der Waals surface area contributed by atoms with E-state index in [9.17, 15) is 4.39 Å². The summed E-state index contributed by atoms with van der Waals surface area (Å²) >= 11 is 7.48. The van der Waals surface area contributed by atoms with Crippen LogP contribution in [0.5, 0.6) is 0 Å². The van der Waals surface area contributed by atoms with Gasteiger partial charge in [-0.1, -0.05) is 17.7 Å². The molecule has 0 saturated carbocycles. The van der Waals surface area contributed by atoms with Crippen molar-refractivity contribution in [2.24, 2.45) is 4.99 Å². The Balaban J connectivity index is 1.62. The van der Waals surface area contributed by atoms with Crippen molar-refractivity contribution in [1.29, 1.82) is 0 Å². The lowest BCUT2D eigenvalue weighted by atomic mass is 10.3. The molecule has 2 rings (SSSR count). The molecule has 2 N–H and O–H groups in total. The van der Waals surface area contributed by atoms with Gasteiger partial charge in [-0.2, -0.15) is 0 Å². The maximum Gasteiger partial charge on any atom is 0.191 e. The van der Waals surface area contributed by atoms with Crippen molar-refractivity contribution in [2.45, 2.75) is 17.9 Å². The maximum absolute atomic E-state index is 12.8. The molecule has 0 aliphatic rings. The summed E-state index contributed by atoms with van der Waals surface area (Å²) in [6.07, 6.45) is 2.72. The zero-order valence-electron chi connectivity index (χ0n) is 13.4. The van der Waals surface area contributed by atoms with Crippen molar-refractivity contribution < 1.29 is 4.39 Å². The first kappa shape index (κ1) is 18.5. The number of halogens is 2. The number of benzene rings is 1. The maximum atomic E-state index is 12.8. The first-order valence-electron chi connectivity index (χ1n) is 7.60. The first-order valence-corrected chi connectivity index (χ1v) is 8.97. The van der Waals surface area contributed by atoms with E-state index in [4.69, 9.17) is 11.6 Å². The van der Waals surface area contributed by atoms with Crippen molar-refractivity contribution in [2.75, 3.05) is 19.3 Å². The monoisotopic (exact) mass is 366 g/mol. The fraction of sp³-hybridized carbons (Fsp3) is 0.294. The van der Waals surface area contributed by atoms with Crippen molar-refractivity contribution in [1.82, 2.24) is 15.6 Å². The molecule has 1 aromatic carbocycles. The van der Waals surface area contributed by atoms with Crippen LogP contribution in [0.25, 0.3) is 0 Å². The standard InChI is InChI=1S/C17H20ClFN4S/c1-20-17(23-12-13-3-8-16(18)22-11-13)21-9-2-10-24-15-6-4-14(19)5-7-15/h3-8,11H,2,9-10,12H2,1H3,(H2,20,21,23). The van der Waals surface area contributed by atoms with Crippen LogP contribution in [0.15, 0.2) is 52.5 Å². The van der Waals surface area contributed by atoms with E-state index in [1.807, 2.05) is 6.07 Å². The summed E-state index contributed by atoms with van der Waals surface area (Å²) in [6, 6.07) is 10.3. The second-order valence-electron chi connectivity index (χ2n) is 5.00. The number of guanidine groups is 1. The van der Waals surface area contributed by atoms with Crippen LogP contribution < -0.4 is 10.6 Å². The molecule has 0 amide bonds. The van der Waals surface area contributed by atoms with E-state index in [0.717, 1.165) is 35.1 Å². The molecule has 1 heterocycles. The summed E-state index contributed by atoms with van der Waals surface area (Å²) in [5, 5.41) is 6.98. The van der Waals surface area contributed by atoms with E-state index in [1.165, 1.54) is 12.1 Å². The van der Waals surface area contributed by atoms with Gasteiger partial charge in [0.05, 0.1) is 0 Å². The van der Waals surface area contributed by atoms with Gasteiger partial charge in [0.15, 0.2) is 5.96 Å². The quantitative estimate of drug-likeness (QED) is 0.258. The highest BCUT2D eigenvalue weighted by Gasteiger charge is 2.00. The van der Waals surface area contributed by atoms with E-state index in [0.29, 0.717) is 11.7 Å². The first-order chi connectivity index (χ1) is 11.7. The molecule has 0 saturated heterocycles. The van der Waals surface area contributed by atoms with Crippen LogP contribution in [0.2, 0.25) is 5.15 Å². The molecule has 128 valence electrons. The highest BCUT2D eigenvalue weighted by Crippen LogP contribution is 2.18.